The third kappa shape index (κ3) is 2.66. The zero-order valence-corrected chi connectivity index (χ0v) is 9.96. The van der Waals surface area contributed by atoms with Crippen LogP contribution in [0, 0.1) is 0 Å². The standard InChI is InChI=1S/C10H18N4S/c1-2-3-9-12-10(15-13-9)14-6-4-8(11)5-7-14/h8H,2-7,11H2,1H3. The molecule has 2 rings (SSSR count). The molecule has 0 aliphatic carbocycles. The van der Waals surface area contributed by atoms with Crippen LogP contribution >= 0.6 is 11.5 Å². The summed E-state index contributed by atoms with van der Waals surface area (Å²) in [6.45, 7) is 4.21. The molecule has 15 heavy (non-hydrogen) atoms. The lowest BCUT2D eigenvalue weighted by atomic mass is 10.1. The van der Waals surface area contributed by atoms with Gasteiger partial charge in [-0.25, -0.2) is 4.98 Å². The molecule has 2 N–H and O–H groups in total. The third-order valence-corrected chi connectivity index (χ3v) is 3.56. The molecule has 0 unspecified atom stereocenters. The molecule has 0 saturated carbocycles. The van der Waals surface area contributed by atoms with Crippen molar-refractivity contribution >= 4 is 16.7 Å². The van der Waals surface area contributed by atoms with E-state index in [4.69, 9.17) is 5.73 Å². The van der Waals surface area contributed by atoms with Gasteiger partial charge in [0.2, 0.25) is 5.13 Å². The van der Waals surface area contributed by atoms with Crippen molar-refractivity contribution in [3.63, 3.8) is 0 Å². The number of aromatic nitrogens is 2. The zero-order valence-electron chi connectivity index (χ0n) is 9.15. The van der Waals surface area contributed by atoms with Crippen molar-refractivity contribution in [1.29, 1.82) is 0 Å². The molecule has 1 aliphatic rings. The smallest absolute Gasteiger partial charge is 0.205 e. The molecule has 0 radical (unpaired) electrons. The van der Waals surface area contributed by atoms with Gasteiger partial charge < -0.3 is 10.6 Å². The van der Waals surface area contributed by atoms with Gasteiger partial charge in [0, 0.05) is 37.1 Å². The minimum atomic E-state index is 0.379. The fourth-order valence-electron chi connectivity index (χ4n) is 1.79. The first-order chi connectivity index (χ1) is 7.29. The zero-order chi connectivity index (χ0) is 10.7. The molecule has 0 aromatic carbocycles. The summed E-state index contributed by atoms with van der Waals surface area (Å²) in [6.07, 6.45) is 4.25. The van der Waals surface area contributed by atoms with E-state index in [0.29, 0.717) is 6.04 Å². The van der Waals surface area contributed by atoms with Gasteiger partial charge in [-0.1, -0.05) is 6.92 Å². The van der Waals surface area contributed by atoms with E-state index >= 15 is 0 Å². The van der Waals surface area contributed by atoms with E-state index < -0.39 is 0 Å². The topological polar surface area (TPSA) is 55.0 Å². The lowest BCUT2D eigenvalue weighted by Gasteiger charge is -2.29. The Morgan fingerprint density at radius 3 is 2.87 bits per heavy atom. The maximum Gasteiger partial charge on any atom is 0.205 e. The number of rotatable bonds is 3. The van der Waals surface area contributed by atoms with E-state index in [2.05, 4.69) is 21.2 Å². The summed E-state index contributed by atoms with van der Waals surface area (Å²) < 4.78 is 4.36. The lowest BCUT2D eigenvalue weighted by Crippen LogP contribution is -2.39. The summed E-state index contributed by atoms with van der Waals surface area (Å²) in [5.41, 5.74) is 5.87. The number of anilines is 1. The third-order valence-electron chi connectivity index (χ3n) is 2.74. The quantitative estimate of drug-likeness (QED) is 0.847. The monoisotopic (exact) mass is 226 g/mol. The Kier molecular flexibility index (Phi) is 3.53. The van der Waals surface area contributed by atoms with E-state index in [0.717, 1.165) is 49.7 Å². The van der Waals surface area contributed by atoms with Gasteiger partial charge >= 0.3 is 0 Å². The normalized spacial score (nSPS) is 18.4. The highest BCUT2D eigenvalue weighted by Crippen LogP contribution is 2.21. The van der Waals surface area contributed by atoms with Crippen LogP contribution in [0.25, 0.3) is 0 Å². The maximum absolute atomic E-state index is 5.87. The van der Waals surface area contributed by atoms with Crippen LogP contribution in [0.15, 0.2) is 0 Å². The highest BCUT2D eigenvalue weighted by atomic mass is 32.1. The van der Waals surface area contributed by atoms with Crippen LogP contribution in [0.3, 0.4) is 0 Å². The molecule has 1 fully saturated rings. The summed E-state index contributed by atoms with van der Waals surface area (Å²) in [6, 6.07) is 0.379. The average Bonchev–Trinajstić information content (AvgIpc) is 2.68. The summed E-state index contributed by atoms with van der Waals surface area (Å²) in [5.74, 6) is 0.993. The van der Waals surface area contributed by atoms with Crippen LogP contribution in [0.4, 0.5) is 5.13 Å². The number of nitrogens with two attached hydrogens (primary N) is 1. The van der Waals surface area contributed by atoms with Gasteiger partial charge in [0.25, 0.3) is 0 Å². The van der Waals surface area contributed by atoms with Crippen molar-refractivity contribution in [2.75, 3.05) is 18.0 Å². The number of aryl methyl sites for hydroxylation is 1. The minimum absolute atomic E-state index is 0.379. The van der Waals surface area contributed by atoms with E-state index in [1.165, 1.54) is 11.5 Å². The van der Waals surface area contributed by atoms with E-state index in [1.807, 2.05) is 0 Å². The second-order valence-corrected chi connectivity index (χ2v) is 4.80. The van der Waals surface area contributed by atoms with E-state index in [1.54, 1.807) is 0 Å². The first-order valence-corrected chi connectivity index (χ1v) is 6.40. The Hall–Kier alpha value is -0.680. The maximum atomic E-state index is 5.87. The van der Waals surface area contributed by atoms with Crippen molar-refractivity contribution in [3.05, 3.63) is 5.82 Å². The Morgan fingerprint density at radius 2 is 2.20 bits per heavy atom. The molecular formula is C10H18N4S. The van der Waals surface area contributed by atoms with Gasteiger partial charge in [-0.2, -0.15) is 4.37 Å². The second kappa shape index (κ2) is 4.90. The molecule has 0 spiro atoms. The van der Waals surface area contributed by atoms with E-state index in [9.17, 15) is 0 Å². The van der Waals surface area contributed by atoms with Gasteiger partial charge in [0.15, 0.2) is 0 Å². The number of piperidine rings is 1. The minimum Gasteiger partial charge on any atom is -0.347 e. The molecule has 0 atom stereocenters. The summed E-state index contributed by atoms with van der Waals surface area (Å²) in [7, 11) is 0. The van der Waals surface area contributed by atoms with Crippen molar-refractivity contribution in [2.24, 2.45) is 5.73 Å². The van der Waals surface area contributed by atoms with Gasteiger partial charge in [-0.05, 0) is 19.3 Å². The fourth-order valence-corrected chi connectivity index (χ4v) is 2.55. The van der Waals surface area contributed by atoms with Crippen LogP contribution in [0.2, 0.25) is 0 Å². The molecule has 0 bridgehead atoms. The van der Waals surface area contributed by atoms with Gasteiger partial charge in [0.05, 0.1) is 0 Å². The molecule has 2 heterocycles. The Balaban J connectivity index is 1.96. The van der Waals surface area contributed by atoms with Crippen molar-refractivity contribution in [2.45, 2.75) is 38.6 Å². The Morgan fingerprint density at radius 1 is 1.47 bits per heavy atom. The van der Waals surface area contributed by atoms with Gasteiger partial charge in [0.1, 0.15) is 5.82 Å². The molecule has 1 aliphatic heterocycles. The SMILES string of the molecule is CCCc1nsc(N2CCC(N)CC2)n1. The molecule has 5 heteroatoms. The molecule has 1 aromatic rings. The highest BCUT2D eigenvalue weighted by molar-refractivity contribution is 7.09. The second-order valence-electron chi connectivity index (χ2n) is 4.07. The summed E-state index contributed by atoms with van der Waals surface area (Å²) in [4.78, 5) is 6.85. The molecule has 4 nitrogen and oxygen atoms in total. The first kappa shape index (κ1) is 10.8. The van der Waals surface area contributed by atoms with E-state index in [-0.39, 0.29) is 0 Å². The van der Waals surface area contributed by atoms with Crippen LogP contribution in [-0.2, 0) is 6.42 Å². The first-order valence-electron chi connectivity index (χ1n) is 5.62. The van der Waals surface area contributed by atoms with Crippen LogP contribution in [0.5, 0.6) is 0 Å². The average molecular weight is 226 g/mol. The molecular weight excluding hydrogens is 208 g/mol. The predicted octanol–water partition coefficient (Wildman–Crippen LogP) is 1.42. The largest absolute Gasteiger partial charge is 0.347 e. The van der Waals surface area contributed by atoms with Crippen molar-refractivity contribution in [3.8, 4) is 0 Å². The molecule has 0 amide bonds. The van der Waals surface area contributed by atoms with Crippen molar-refractivity contribution < 1.29 is 0 Å². The van der Waals surface area contributed by atoms with Gasteiger partial charge in [-0.15, -0.1) is 0 Å². The Bertz CT molecular complexity index is 304. The van der Waals surface area contributed by atoms with Crippen LogP contribution in [0.1, 0.15) is 32.0 Å². The van der Waals surface area contributed by atoms with Gasteiger partial charge in [-0.3, -0.25) is 0 Å². The Labute approximate surface area is 94.7 Å². The van der Waals surface area contributed by atoms with Crippen LogP contribution < -0.4 is 10.6 Å². The summed E-state index contributed by atoms with van der Waals surface area (Å²) >= 11 is 1.52. The fraction of sp³-hybridized carbons (Fsp3) is 0.800. The highest BCUT2D eigenvalue weighted by Gasteiger charge is 2.19. The van der Waals surface area contributed by atoms with Crippen LogP contribution in [-0.4, -0.2) is 28.5 Å². The molecule has 1 saturated heterocycles. The number of hydrogen-bond acceptors (Lipinski definition) is 5. The number of hydrogen-bond donors (Lipinski definition) is 1. The van der Waals surface area contributed by atoms with Crippen molar-refractivity contribution in [1.82, 2.24) is 9.36 Å². The molecule has 84 valence electrons. The lowest BCUT2D eigenvalue weighted by molar-refractivity contribution is 0.500. The predicted molar refractivity (Wildman–Crippen MR) is 63.3 cm³/mol. The summed E-state index contributed by atoms with van der Waals surface area (Å²) in [5, 5.41) is 1.07. The molecule has 1 aromatic heterocycles. The number of nitrogens with zero attached hydrogens (tertiary/aromatic N) is 3.